The lowest BCUT2D eigenvalue weighted by Crippen LogP contribution is -2.48. The summed E-state index contributed by atoms with van der Waals surface area (Å²) in [4.78, 5) is 1.92. The third-order valence-corrected chi connectivity index (χ3v) is 4.94. The molecule has 118 valence electrons. The maximum atomic E-state index is 11.5. The Kier molecular flexibility index (Phi) is 4.12. The van der Waals surface area contributed by atoms with Crippen molar-refractivity contribution >= 4 is 16.0 Å². The van der Waals surface area contributed by atoms with Crippen molar-refractivity contribution in [3.05, 3.63) is 41.8 Å². The fourth-order valence-electron chi connectivity index (χ4n) is 2.43. The quantitative estimate of drug-likeness (QED) is 0.826. The van der Waals surface area contributed by atoms with Crippen LogP contribution in [0.3, 0.4) is 0 Å². The van der Waals surface area contributed by atoms with E-state index in [0.29, 0.717) is 44.5 Å². The summed E-state index contributed by atoms with van der Waals surface area (Å²) in [6.45, 7) is 1.99. The van der Waals surface area contributed by atoms with Crippen LogP contribution in [0.2, 0.25) is 0 Å². The van der Waals surface area contributed by atoms with Crippen molar-refractivity contribution in [1.29, 1.82) is 0 Å². The lowest BCUT2D eigenvalue weighted by molar-refractivity contribution is 0.372. The molecule has 1 aliphatic heterocycles. The van der Waals surface area contributed by atoms with Gasteiger partial charge in [-0.05, 0) is 5.56 Å². The molecule has 0 bridgehead atoms. The third-order valence-electron chi connectivity index (χ3n) is 3.63. The van der Waals surface area contributed by atoms with Crippen molar-refractivity contribution in [2.24, 2.45) is 0 Å². The zero-order chi connectivity index (χ0) is 15.6. The highest BCUT2D eigenvalue weighted by atomic mass is 32.2. The van der Waals surface area contributed by atoms with Gasteiger partial charge in [-0.1, -0.05) is 35.4 Å². The largest absolute Gasteiger partial charge is 0.408 e. The van der Waals surface area contributed by atoms with E-state index in [4.69, 9.17) is 4.42 Å². The summed E-state index contributed by atoms with van der Waals surface area (Å²) in [6, 6.07) is 10.4. The van der Waals surface area contributed by atoms with E-state index in [2.05, 4.69) is 10.2 Å². The molecule has 3 rings (SSSR count). The molecule has 0 spiro atoms. The number of benzene rings is 1. The fourth-order valence-corrected chi connectivity index (χ4v) is 3.25. The second kappa shape index (κ2) is 6.05. The highest BCUT2D eigenvalue weighted by Crippen LogP contribution is 2.17. The van der Waals surface area contributed by atoms with E-state index in [9.17, 15) is 8.42 Å². The van der Waals surface area contributed by atoms with Gasteiger partial charge in [0.15, 0.2) is 0 Å². The fraction of sp³-hybridized carbons (Fsp3) is 0.429. The van der Waals surface area contributed by atoms with Crippen molar-refractivity contribution < 1.29 is 12.8 Å². The summed E-state index contributed by atoms with van der Waals surface area (Å²) in [6.07, 6.45) is 1.82. The van der Waals surface area contributed by atoms with Crippen LogP contribution in [-0.4, -0.2) is 55.4 Å². The van der Waals surface area contributed by atoms with Crippen LogP contribution in [0.1, 0.15) is 11.5 Å². The molecule has 0 atom stereocenters. The van der Waals surface area contributed by atoms with E-state index in [-0.39, 0.29) is 0 Å². The van der Waals surface area contributed by atoms with Gasteiger partial charge < -0.3 is 9.32 Å². The van der Waals surface area contributed by atoms with Gasteiger partial charge in [-0.15, -0.1) is 5.10 Å². The monoisotopic (exact) mass is 322 g/mol. The first-order chi connectivity index (χ1) is 10.5. The molecule has 2 aromatic rings. The molecule has 0 N–H and O–H groups in total. The number of hydrogen-bond donors (Lipinski definition) is 0. The van der Waals surface area contributed by atoms with Crippen molar-refractivity contribution in [3.63, 3.8) is 0 Å². The minimum Gasteiger partial charge on any atom is -0.408 e. The van der Waals surface area contributed by atoms with Crippen molar-refractivity contribution in [2.45, 2.75) is 6.42 Å². The number of anilines is 1. The van der Waals surface area contributed by atoms with Crippen molar-refractivity contribution in [1.82, 2.24) is 14.5 Å². The molecular formula is C14H18N4O3S. The number of sulfonamides is 1. The average molecular weight is 322 g/mol. The van der Waals surface area contributed by atoms with Crippen molar-refractivity contribution in [2.75, 3.05) is 37.3 Å². The molecule has 0 amide bonds. The van der Waals surface area contributed by atoms with Gasteiger partial charge in [0.1, 0.15) is 0 Å². The van der Waals surface area contributed by atoms with Gasteiger partial charge in [0.25, 0.3) is 0 Å². The van der Waals surface area contributed by atoms with Gasteiger partial charge >= 0.3 is 6.01 Å². The van der Waals surface area contributed by atoms with Crippen LogP contribution < -0.4 is 4.90 Å². The molecule has 0 unspecified atom stereocenters. The number of nitrogens with zero attached hydrogens (tertiary/aromatic N) is 4. The predicted molar refractivity (Wildman–Crippen MR) is 82.2 cm³/mol. The van der Waals surface area contributed by atoms with Crippen LogP contribution in [0.4, 0.5) is 6.01 Å². The number of piperazine rings is 1. The first-order valence-corrected chi connectivity index (χ1v) is 8.93. The van der Waals surface area contributed by atoms with E-state index in [1.165, 1.54) is 10.6 Å². The molecular weight excluding hydrogens is 304 g/mol. The van der Waals surface area contributed by atoms with Crippen LogP contribution in [-0.2, 0) is 16.4 Å². The van der Waals surface area contributed by atoms with E-state index in [1.54, 1.807) is 0 Å². The molecule has 1 fully saturated rings. The predicted octanol–water partition coefficient (Wildman–Crippen LogP) is 0.742. The van der Waals surface area contributed by atoms with Crippen LogP contribution in [0.5, 0.6) is 0 Å². The highest BCUT2D eigenvalue weighted by Gasteiger charge is 2.26. The topological polar surface area (TPSA) is 79.5 Å². The first-order valence-electron chi connectivity index (χ1n) is 7.09. The zero-order valence-electron chi connectivity index (χ0n) is 12.3. The molecule has 1 saturated heterocycles. The van der Waals surface area contributed by atoms with E-state index >= 15 is 0 Å². The summed E-state index contributed by atoms with van der Waals surface area (Å²) in [7, 11) is -3.13. The molecule has 1 aromatic carbocycles. The van der Waals surface area contributed by atoms with Crippen molar-refractivity contribution in [3.8, 4) is 0 Å². The molecule has 8 heteroatoms. The Bertz CT molecular complexity index is 722. The van der Waals surface area contributed by atoms with E-state index < -0.39 is 10.0 Å². The zero-order valence-corrected chi connectivity index (χ0v) is 13.2. The molecule has 1 aromatic heterocycles. The maximum Gasteiger partial charge on any atom is 0.318 e. The Morgan fingerprint density at radius 1 is 1.09 bits per heavy atom. The first kappa shape index (κ1) is 15.0. The second-order valence-electron chi connectivity index (χ2n) is 5.29. The van der Waals surface area contributed by atoms with Gasteiger partial charge in [-0.3, -0.25) is 0 Å². The van der Waals surface area contributed by atoms with Gasteiger partial charge in [0.2, 0.25) is 15.9 Å². The van der Waals surface area contributed by atoms with Crippen LogP contribution >= 0.6 is 0 Å². The van der Waals surface area contributed by atoms with Gasteiger partial charge in [0.05, 0.1) is 12.7 Å². The van der Waals surface area contributed by atoms with Gasteiger partial charge in [0, 0.05) is 26.2 Å². The van der Waals surface area contributed by atoms with Gasteiger partial charge in [-0.25, -0.2) is 8.42 Å². The summed E-state index contributed by atoms with van der Waals surface area (Å²) >= 11 is 0. The number of aromatic nitrogens is 2. The molecule has 22 heavy (non-hydrogen) atoms. The average Bonchev–Trinajstić information content (AvgIpc) is 2.96. The van der Waals surface area contributed by atoms with Gasteiger partial charge in [-0.2, -0.15) is 4.31 Å². The minimum absolute atomic E-state index is 0.440. The Labute approximate surface area is 129 Å². The molecule has 0 aliphatic carbocycles. The number of hydrogen-bond acceptors (Lipinski definition) is 6. The lowest BCUT2D eigenvalue weighted by Gasteiger charge is -2.31. The molecule has 0 saturated carbocycles. The summed E-state index contributed by atoms with van der Waals surface area (Å²) < 4.78 is 30.1. The maximum absolute atomic E-state index is 11.5. The Balaban J connectivity index is 1.63. The summed E-state index contributed by atoms with van der Waals surface area (Å²) in [5.74, 6) is 0.562. The Morgan fingerprint density at radius 2 is 1.77 bits per heavy atom. The Hall–Kier alpha value is -1.93. The second-order valence-corrected chi connectivity index (χ2v) is 7.27. The molecule has 7 nitrogen and oxygen atoms in total. The molecule has 2 heterocycles. The molecule has 1 aliphatic rings. The summed E-state index contributed by atoms with van der Waals surface area (Å²) in [5.41, 5.74) is 1.11. The third kappa shape index (κ3) is 3.45. The Morgan fingerprint density at radius 3 is 2.41 bits per heavy atom. The van der Waals surface area contributed by atoms with Crippen LogP contribution in [0, 0.1) is 0 Å². The SMILES string of the molecule is CS(=O)(=O)N1CCN(c2nnc(Cc3ccccc3)o2)CC1. The van der Waals surface area contributed by atoms with E-state index in [0.717, 1.165) is 5.56 Å². The summed E-state index contributed by atoms with van der Waals surface area (Å²) in [5, 5.41) is 8.13. The standard InChI is InChI=1S/C14H18N4O3S/c1-22(19,20)18-9-7-17(8-10-18)14-16-15-13(21-14)11-12-5-3-2-4-6-12/h2-6H,7-11H2,1H3. The normalized spacial score (nSPS) is 16.9. The number of rotatable bonds is 4. The van der Waals surface area contributed by atoms with Crippen LogP contribution in [0.25, 0.3) is 0 Å². The lowest BCUT2D eigenvalue weighted by atomic mass is 10.2. The minimum atomic E-state index is -3.13. The highest BCUT2D eigenvalue weighted by molar-refractivity contribution is 7.88. The van der Waals surface area contributed by atoms with Crippen LogP contribution in [0.15, 0.2) is 34.7 Å². The van der Waals surface area contributed by atoms with E-state index in [1.807, 2.05) is 35.2 Å². The molecule has 0 radical (unpaired) electrons. The smallest absolute Gasteiger partial charge is 0.318 e.